The maximum Gasteiger partial charge on any atom is 0.209 e. The van der Waals surface area contributed by atoms with Gasteiger partial charge in [-0.05, 0) is 26.2 Å². The molecule has 1 rings (SSSR count). The van der Waals surface area contributed by atoms with Crippen LogP contribution in [0.15, 0.2) is 0 Å². The summed E-state index contributed by atoms with van der Waals surface area (Å²) < 4.78 is 12.4. The number of carbonyl (C=O) groups is 1. The maximum absolute atomic E-state index is 12.4. The first-order valence-electron chi connectivity index (χ1n) is 5.89. The number of aliphatic hydroxyl groups excluding tert-OH is 1. The van der Waals surface area contributed by atoms with Gasteiger partial charge in [0, 0.05) is 32.7 Å². The van der Waals surface area contributed by atoms with Gasteiger partial charge in [-0.1, -0.05) is 0 Å². The quantitative estimate of drug-likeness (QED) is 0.419. The smallest absolute Gasteiger partial charge is 0.209 e. The predicted molar refractivity (Wildman–Crippen MR) is 64.9 cm³/mol. The van der Waals surface area contributed by atoms with Crippen molar-refractivity contribution in [3.63, 3.8) is 0 Å². The molecule has 1 heterocycles. The van der Waals surface area contributed by atoms with Crippen molar-refractivity contribution in [1.29, 1.82) is 0 Å². The molecular formula is C11H24FN3O2. The summed E-state index contributed by atoms with van der Waals surface area (Å²) in [6.07, 6.45) is 3.83. The molecule has 1 saturated heterocycles. The summed E-state index contributed by atoms with van der Waals surface area (Å²) >= 11 is 0. The molecule has 0 aliphatic carbocycles. The van der Waals surface area contributed by atoms with Crippen molar-refractivity contribution in [2.45, 2.75) is 38.3 Å². The van der Waals surface area contributed by atoms with Crippen LogP contribution >= 0.6 is 0 Å². The highest BCUT2D eigenvalue weighted by Crippen LogP contribution is 2.14. The van der Waals surface area contributed by atoms with Gasteiger partial charge in [-0.3, -0.25) is 4.79 Å². The summed E-state index contributed by atoms with van der Waals surface area (Å²) in [6, 6.07) is 1.00. The Bertz CT molecular complexity index is 205. The van der Waals surface area contributed by atoms with Gasteiger partial charge in [-0.25, -0.2) is 0 Å². The number of hydrogen-bond acceptors (Lipinski definition) is 4. The monoisotopic (exact) mass is 249 g/mol. The minimum absolute atomic E-state index is 0.320. The van der Waals surface area contributed by atoms with E-state index in [2.05, 4.69) is 12.2 Å². The van der Waals surface area contributed by atoms with Crippen molar-refractivity contribution < 1.29 is 14.4 Å². The van der Waals surface area contributed by atoms with Gasteiger partial charge in [-0.15, -0.1) is 9.60 Å². The van der Waals surface area contributed by atoms with Crippen LogP contribution in [-0.4, -0.2) is 61.0 Å². The molecule has 1 aliphatic heterocycles. The van der Waals surface area contributed by atoms with E-state index in [-0.39, 0.29) is 0 Å². The molecule has 6 heteroatoms. The Labute approximate surface area is 103 Å². The van der Waals surface area contributed by atoms with E-state index in [1.165, 1.54) is 11.3 Å². The SMILES string of the molecule is CC1CCC(CCN(F)CO)N1.CN(C)C=O. The number of carbonyl (C=O) groups excluding carboxylic acids is 1. The lowest BCUT2D eigenvalue weighted by Crippen LogP contribution is -2.30. The molecule has 2 atom stereocenters. The molecule has 0 bridgehead atoms. The number of nitrogens with zero attached hydrogens (tertiary/aromatic N) is 2. The molecule has 1 amide bonds. The average molecular weight is 249 g/mol. The third-order valence-corrected chi connectivity index (χ3v) is 2.55. The van der Waals surface area contributed by atoms with Crippen LogP contribution in [0, 0.1) is 0 Å². The fraction of sp³-hybridized carbons (Fsp3) is 0.909. The van der Waals surface area contributed by atoms with Crippen LogP contribution in [0.4, 0.5) is 4.48 Å². The second kappa shape index (κ2) is 9.32. The van der Waals surface area contributed by atoms with E-state index in [1.54, 1.807) is 14.1 Å². The molecule has 0 aromatic carbocycles. The summed E-state index contributed by atoms with van der Waals surface area (Å²) in [6.45, 7) is 1.96. The molecule has 102 valence electrons. The van der Waals surface area contributed by atoms with Crippen LogP contribution in [0.5, 0.6) is 0 Å². The van der Waals surface area contributed by atoms with Gasteiger partial charge < -0.3 is 15.3 Å². The second-order valence-electron chi connectivity index (χ2n) is 4.53. The van der Waals surface area contributed by atoms with E-state index in [9.17, 15) is 9.28 Å². The largest absolute Gasteiger partial charge is 0.379 e. The van der Waals surface area contributed by atoms with Gasteiger partial charge in [0.25, 0.3) is 0 Å². The summed E-state index contributed by atoms with van der Waals surface area (Å²) in [5.41, 5.74) is 0. The summed E-state index contributed by atoms with van der Waals surface area (Å²) in [4.78, 5) is 10.9. The number of aliphatic hydroxyl groups is 1. The normalized spacial score (nSPS) is 23.2. The Kier molecular flexibility index (Phi) is 8.93. The van der Waals surface area contributed by atoms with Crippen LogP contribution < -0.4 is 5.32 Å². The van der Waals surface area contributed by atoms with E-state index >= 15 is 0 Å². The van der Waals surface area contributed by atoms with E-state index in [1.807, 2.05) is 0 Å². The van der Waals surface area contributed by atoms with Gasteiger partial charge in [0.2, 0.25) is 6.41 Å². The van der Waals surface area contributed by atoms with Crippen LogP contribution in [-0.2, 0) is 4.79 Å². The zero-order valence-electron chi connectivity index (χ0n) is 10.9. The van der Waals surface area contributed by atoms with Gasteiger partial charge in [0.15, 0.2) is 0 Å². The van der Waals surface area contributed by atoms with Gasteiger partial charge in [-0.2, -0.15) is 0 Å². The van der Waals surface area contributed by atoms with Crippen LogP contribution in [0.3, 0.4) is 0 Å². The Morgan fingerprint density at radius 2 is 2.06 bits per heavy atom. The molecule has 0 spiro atoms. The van der Waals surface area contributed by atoms with E-state index in [0.717, 1.165) is 19.3 Å². The Balaban J connectivity index is 0.000000437. The van der Waals surface area contributed by atoms with Crippen molar-refractivity contribution in [2.24, 2.45) is 0 Å². The number of nitrogens with one attached hydrogen (secondary N) is 1. The summed E-state index contributed by atoms with van der Waals surface area (Å²) in [7, 11) is 3.38. The minimum Gasteiger partial charge on any atom is -0.379 e. The molecule has 0 aromatic heterocycles. The highest BCUT2D eigenvalue weighted by molar-refractivity contribution is 5.45. The third-order valence-electron chi connectivity index (χ3n) is 2.55. The van der Waals surface area contributed by atoms with Crippen LogP contribution in [0.2, 0.25) is 0 Å². The van der Waals surface area contributed by atoms with E-state index in [4.69, 9.17) is 5.11 Å². The molecule has 2 N–H and O–H groups in total. The molecule has 1 aliphatic rings. The Morgan fingerprint density at radius 3 is 2.41 bits per heavy atom. The standard InChI is InChI=1S/C8H17FN2O.C3H7NO/c1-7-2-3-8(10-7)4-5-11(9)6-12;1-4(2)3-5/h7-8,10,12H,2-6H2,1H3;3H,1-2H3. The van der Waals surface area contributed by atoms with E-state index in [0.29, 0.717) is 23.8 Å². The number of amides is 1. The molecule has 0 saturated carbocycles. The lowest BCUT2D eigenvalue weighted by Gasteiger charge is -2.13. The highest BCUT2D eigenvalue weighted by atomic mass is 19.2. The van der Waals surface area contributed by atoms with Crippen molar-refractivity contribution in [3.8, 4) is 0 Å². The van der Waals surface area contributed by atoms with Crippen molar-refractivity contribution >= 4 is 6.41 Å². The molecule has 0 aromatic rings. The molecule has 1 fully saturated rings. The average Bonchev–Trinajstić information content (AvgIpc) is 2.72. The lowest BCUT2D eigenvalue weighted by molar-refractivity contribution is -0.115. The van der Waals surface area contributed by atoms with Gasteiger partial charge in [0.05, 0.1) is 0 Å². The van der Waals surface area contributed by atoms with Crippen LogP contribution in [0.1, 0.15) is 26.2 Å². The first-order valence-corrected chi connectivity index (χ1v) is 5.89. The fourth-order valence-electron chi connectivity index (χ4n) is 1.61. The zero-order chi connectivity index (χ0) is 13.3. The fourth-order valence-corrected chi connectivity index (χ4v) is 1.61. The molecule has 17 heavy (non-hydrogen) atoms. The van der Waals surface area contributed by atoms with Crippen molar-refractivity contribution in [1.82, 2.24) is 15.3 Å². The zero-order valence-corrected chi connectivity index (χ0v) is 10.9. The van der Waals surface area contributed by atoms with E-state index < -0.39 is 6.73 Å². The Morgan fingerprint density at radius 1 is 1.47 bits per heavy atom. The Hall–Kier alpha value is -0.720. The van der Waals surface area contributed by atoms with Gasteiger partial charge in [0.1, 0.15) is 6.73 Å². The lowest BCUT2D eigenvalue weighted by atomic mass is 10.1. The number of halogens is 1. The molecule has 5 nitrogen and oxygen atoms in total. The number of rotatable bonds is 5. The first-order chi connectivity index (χ1) is 7.99. The second-order valence-corrected chi connectivity index (χ2v) is 4.53. The summed E-state index contributed by atoms with van der Waals surface area (Å²) in [5, 5.41) is 12.2. The van der Waals surface area contributed by atoms with Crippen molar-refractivity contribution in [2.75, 3.05) is 27.4 Å². The third kappa shape index (κ3) is 9.02. The number of hydrogen-bond donors (Lipinski definition) is 2. The topological polar surface area (TPSA) is 55.8 Å². The summed E-state index contributed by atoms with van der Waals surface area (Å²) in [5.74, 6) is 0. The van der Waals surface area contributed by atoms with Crippen LogP contribution in [0.25, 0.3) is 0 Å². The first kappa shape index (κ1) is 16.3. The highest BCUT2D eigenvalue weighted by Gasteiger charge is 2.20. The molecule has 0 radical (unpaired) electrons. The molecule has 2 unspecified atom stereocenters. The minimum atomic E-state index is -0.498. The predicted octanol–water partition coefficient (Wildman–Crippen LogP) is 0.358. The van der Waals surface area contributed by atoms with Gasteiger partial charge >= 0.3 is 0 Å². The maximum atomic E-state index is 12.4. The molecular weight excluding hydrogens is 225 g/mol. The van der Waals surface area contributed by atoms with Crippen molar-refractivity contribution in [3.05, 3.63) is 0 Å².